The van der Waals surface area contributed by atoms with Gasteiger partial charge in [-0.1, -0.05) is 30.3 Å². The molecule has 0 aliphatic carbocycles. The molecule has 1 aliphatic heterocycles. The third-order valence-corrected chi connectivity index (χ3v) is 3.77. The predicted molar refractivity (Wildman–Crippen MR) is 81.9 cm³/mol. The van der Waals surface area contributed by atoms with Gasteiger partial charge in [0, 0.05) is 25.4 Å². The summed E-state index contributed by atoms with van der Waals surface area (Å²) in [7, 11) is 0. The van der Waals surface area contributed by atoms with E-state index in [4.69, 9.17) is 0 Å². The molecule has 0 spiro atoms. The summed E-state index contributed by atoms with van der Waals surface area (Å²) in [6, 6.07) is 13.2. The van der Waals surface area contributed by atoms with E-state index >= 15 is 0 Å². The number of carbonyl (C=O) groups excluding carboxylic acids is 2. The number of nitrogens with zero attached hydrogens (tertiary/aromatic N) is 2. The zero-order chi connectivity index (χ0) is 15.4. The molecule has 2 heterocycles. The Kier molecular flexibility index (Phi) is 4.14. The number of hydrogen-bond donors (Lipinski definition) is 1. The molecule has 2 aromatic rings. The molecule has 1 fully saturated rings. The fourth-order valence-corrected chi connectivity index (χ4v) is 2.57. The average Bonchev–Trinajstić information content (AvgIpc) is 2.54. The van der Waals surface area contributed by atoms with E-state index in [1.807, 2.05) is 42.5 Å². The van der Waals surface area contributed by atoms with Crippen LogP contribution in [0.5, 0.6) is 0 Å². The molecule has 0 saturated carbocycles. The minimum absolute atomic E-state index is 0.0488. The number of urea groups is 1. The van der Waals surface area contributed by atoms with Crippen LogP contribution < -0.4 is 5.32 Å². The Morgan fingerprint density at radius 1 is 1.14 bits per heavy atom. The zero-order valence-electron chi connectivity index (χ0n) is 12.1. The number of aromatic nitrogens is 1. The maximum Gasteiger partial charge on any atom is 0.324 e. The number of pyridine rings is 1. The quantitative estimate of drug-likeness (QED) is 0.879. The molecular weight excluding hydrogens is 278 g/mol. The highest BCUT2D eigenvalue weighted by Crippen LogP contribution is 2.23. The lowest BCUT2D eigenvalue weighted by Crippen LogP contribution is -2.59. The standard InChI is InChI=1S/C17H17N3O2/c21-16-11-15(10-13-4-2-1-3-5-13)20(16)17(22)19-12-14-6-8-18-9-7-14/h1-9,15H,10-12H2,(H,19,22)/t15-/m0/s1. The van der Waals surface area contributed by atoms with Gasteiger partial charge in [-0.15, -0.1) is 0 Å². The van der Waals surface area contributed by atoms with Gasteiger partial charge in [-0.2, -0.15) is 0 Å². The highest BCUT2D eigenvalue weighted by atomic mass is 16.2. The summed E-state index contributed by atoms with van der Waals surface area (Å²) in [6.45, 7) is 0.392. The van der Waals surface area contributed by atoms with Crippen molar-refractivity contribution in [2.24, 2.45) is 0 Å². The van der Waals surface area contributed by atoms with Crippen LogP contribution in [-0.4, -0.2) is 27.9 Å². The van der Waals surface area contributed by atoms with E-state index in [-0.39, 0.29) is 18.0 Å². The minimum atomic E-state index is -0.325. The lowest BCUT2D eigenvalue weighted by molar-refractivity contribution is -0.140. The Labute approximate surface area is 129 Å². The van der Waals surface area contributed by atoms with Crippen LogP contribution in [-0.2, 0) is 17.8 Å². The van der Waals surface area contributed by atoms with Crippen molar-refractivity contribution >= 4 is 11.9 Å². The maximum absolute atomic E-state index is 12.2. The van der Waals surface area contributed by atoms with Crippen LogP contribution in [0.4, 0.5) is 4.79 Å². The highest BCUT2D eigenvalue weighted by molar-refractivity contribution is 5.99. The van der Waals surface area contributed by atoms with Crippen molar-refractivity contribution in [1.82, 2.24) is 15.2 Å². The van der Waals surface area contributed by atoms with Crippen LogP contribution in [0.25, 0.3) is 0 Å². The van der Waals surface area contributed by atoms with Gasteiger partial charge in [-0.05, 0) is 29.7 Å². The molecule has 0 bridgehead atoms. The van der Waals surface area contributed by atoms with Gasteiger partial charge in [0.15, 0.2) is 0 Å². The molecule has 22 heavy (non-hydrogen) atoms. The normalized spacial score (nSPS) is 17.0. The Morgan fingerprint density at radius 3 is 2.55 bits per heavy atom. The van der Waals surface area contributed by atoms with Crippen molar-refractivity contribution in [2.45, 2.75) is 25.4 Å². The van der Waals surface area contributed by atoms with Crippen LogP contribution in [0.15, 0.2) is 54.9 Å². The molecule has 5 nitrogen and oxygen atoms in total. The second kappa shape index (κ2) is 6.39. The van der Waals surface area contributed by atoms with Gasteiger partial charge in [-0.3, -0.25) is 14.7 Å². The Balaban J connectivity index is 1.57. The van der Waals surface area contributed by atoms with E-state index < -0.39 is 0 Å². The van der Waals surface area contributed by atoms with Gasteiger partial charge in [0.2, 0.25) is 5.91 Å². The van der Waals surface area contributed by atoms with E-state index in [9.17, 15) is 9.59 Å². The summed E-state index contributed by atoms with van der Waals surface area (Å²) in [5, 5.41) is 2.79. The molecule has 0 unspecified atom stereocenters. The fraction of sp³-hybridized carbons (Fsp3) is 0.235. The topological polar surface area (TPSA) is 62.3 Å². The Hall–Kier alpha value is -2.69. The third kappa shape index (κ3) is 3.14. The molecule has 5 heteroatoms. The number of hydrogen-bond acceptors (Lipinski definition) is 3. The first-order valence-electron chi connectivity index (χ1n) is 7.27. The number of nitrogens with one attached hydrogen (secondary N) is 1. The molecule has 1 N–H and O–H groups in total. The average molecular weight is 295 g/mol. The van der Waals surface area contributed by atoms with Crippen molar-refractivity contribution in [2.75, 3.05) is 0 Å². The molecule has 1 aromatic carbocycles. The van der Waals surface area contributed by atoms with E-state index in [1.54, 1.807) is 12.4 Å². The summed E-state index contributed by atoms with van der Waals surface area (Å²) in [6.07, 6.45) is 4.48. The molecule has 3 rings (SSSR count). The molecule has 1 atom stereocenters. The maximum atomic E-state index is 12.2. The minimum Gasteiger partial charge on any atom is -0.334 e. The third-order valence-electron chi connectivity index (χ3n) is 3.77. The van der Waals surface area contributed by atoms with Crippen LogP contribution in [0.3, 0.4) is 0 Å². The second-order valence-electron chi connectivity index (χ2n) is 5.33. The monoisotopic (exact) mass is 295 g/mol. The number of amides is 3. The number of β-lactam (4-membered cyclic amide) rings is 1. The smallest absolute Gasteiger partial charge is 0.324 e. The van der Waals surface area contributed by atoms with E-state index in [0.717, 1.165) is 11.1 Å². The number of likely N-dealkylation sites (tertiary alicyclic amines) is 1. The number of imide groups is 1. The van der Waals surface area contributed by atoms with Crippen molar-refractivity contribution in [3.05, 3.63) is 66.0 Å². The Bertz CT molecular complexity index is 658. The van der Waals surface area contributed by atoms with Crippen molar-refractivity contribution in [1.29, 1.82) is 0 Å². The van der Waals surface area contributed by atoms with Crippen LogP contribution in [0.2, 0.25) is 0 Å². The van der Waals surface area contributed by atoms with Crippen LogP contribution >= 0.6 is 0 Å². The number of carbonyl (C=O) groups is 2. The van der Waals surface area contributed by atoms with Gasteiger partial charge in [0.25, 0.3) is 0 Å². The van der Waals surface area contributed by atoms with Gasteiger partial charge >= 0.3 is 6.03 Å². The zero-order valence-corrected chi connectivity index (χ0v) is 12.1. The highest BCUT2D eigenvalue weighted by Gasteiger charge is 2.40. The SMILES string of the molecule is O=C1C[C@H](Cc2ccccc2)N1C(=O)NCc1ccncc1. The summed E-state index contributed by atoms with van der Waals surface area (Å²) in [5.41, 5.74) is 2.09. The van der Waals surface area contributed by atoms with Crippen LogP contribution in [0.1, 0.15) is 17.5 Å². The van der Waals surface area contributed by atoms with Crippen molar-refractivity contribution in [3.63, 3.8) is 0 Å². The number of benzene rings is 1. The van der Waals surface area contributed by atoms with Crippen molar-refractivity contribution < 1.29 is 9.59 Å². The van der Waals surface area contributed by atoms with Crippen LogP contribution in [0, 0.1) is 0 Å². The molecule has 0 radical (unpaired) electrons. The van der Waals surface area contributed by atoms with E-state index in [0.29, 0.717) is 19.4 Å². The lowest BCUT2D eigenvalue weighted by atomic mass is 9.95. The molecule has 1 saturated heterocycles. The van der Waals surface area contributed by atoms with Gasteiger partial charge in [0.1, 0.15) is 0 Å². The fourth-order valence-electron chi connectivity index (χ4n) is 2.57. The largest absolute Gasteiger partial charge is 0.334 e. The Morgan fingerprint density at radius 2 is 1.86 bits per heavy atom. The molecule has 1 aromatic heterocycles. The summed E-state index contributed by atoms with van der Waals surface area (Å²) in [5.74, 6) is -0.117. The first-order chi connectivity index (χ1) is 10.7. The van der Waals surface area contributed by atoms with E-state index in [1.165, 1.54) is 4.90 Å². The lowest BCUT2D eigenvalue weighted by Gasteiger charge is -2.38. The van der Waals surface area contributed by atoms with Gasteiger partial charge in [0.05, 0.1) is 6.04 Å². The summed E-state index contributed by atoms with van der Waals surface area (Å²) in [4.78, 5) is 29.2. The molecule has 3 amide bonds. The molecule has 112 valence electrons. The summed E-state index contributed by atoms with van der Waals surface area (Å²) < 4.78 is 0. The first kappa shape index (κ1) is 14.3. The molecular formula is C17H17N3O2. The van der Waals surface area contributed by atoms with Gasteiger partial charge < -0.3 is 5.32 Å². The van der Waals surface area contributed by atoms with Crippen molar-refractivity contribution in [3.8, 4) is 0 Å². The summed E-state index contributed by atoms with van der Waals surface area (Å²) >= 11 is 0. The number of rotatable bonds is 4. The predicted octanol–water partition coefficient (Wildman–Crippen LogP) is 2.13. The second-order valence-corrected chi connectivity index (χ2v) is 5.33. The van der Waals surface area contributed by atoms with E-state index in [2.05, 4.69) is 10.3 Å². The molecule has 1 aliphatic rings. The van der Waals surface area contributed by atoms with Gasteiger partial charge in [-0.25, -0.2) is 4.79 Å². The first-order valence-corrected chi connectivity index (χ1v) is 7.27.